The molecular formula is C30H35N3O3. The largest absolute Gasteiger partial charge is 0.488 e. The number of benzene rings is 2. The maximum Gasteiger partial charge on any atom is 0.313 e. The number of hydrogen-bond donors (Lipinski definition) is 1. The van der Waals surface area contributed by atoms with Gasteiger partial charge in [-0.25, -0.2) is 4.98 Å². The third kappa shape index (κ3) is 4.96. The number of rotatable bonds is 6. The molecule has 5 rings (SSSR count). The average Bonchev–Trinajstić information content (AvgIpc) is 3.16. The van der Waals surface area contributed by atoms with E-state index in [1.165, 1.54) is 23.8 Å². The highest BCUT2D eigenvalue weighted by Crippen LogP contribution is 2.36. The fourth-order valence-electron chi connectivity index (χ4n) is 5.34. The van der Waals surface area contributed by atoms with Crippen LogP contribution in [0.4, 0.5) is 5.82 Å². The molecule has 6 heteroatoms. The van der Waals surface area contributed by atoms with Crippen LogP contribution in [-0.2, 0) is 29.0 Å². The summed E-state index contributed by atoms with van der Waals surface area (Å²) in [6.45, 7) is 8.00. The number of ether oxygens (including phenoxy) is 2. The lowest BCUT2D eigenvalue weighted by atomic mass is 9.90. The van der Waals surface area contributed by atoms with E-state index in [1.54, 1.807) is 0 Å². The maximum absolute atomic E-state index is 12.3. The number of fused-ring (bicyclic) bond motifs is 1. The molecule has 0 unspecified atom stereocenters. The van der Waals surface area contributed by atoms with Gasteiger partial charge in [0.25, 0.3) is 0 Å². The van der Waals surface area contributed by atoms with E-state index in [-0.39, 0.29) is 5.97 Å². The van der Waals surface area contributed by atoms with Crippen molar-refractivity contribution in [3.05, 3.63) is 76.9 Å². The predicted molar refractivity (Wildman–Crippen MR) is 142 cm³/mol. The van der Waals surface area contributed by atoms with Gasteiger partial charge < -0.3 is 19.7 Å². The minimum atomic E-state index is -0.506. The van der Waals surface area contributed by atoms with Gasteiger partial charge in [0.1, 0.15) is 18.2 Å². The van der Waals surface area contributed by atoms with Gasteiger partial charge in [-0.2, -0.15) is 0 Å². The fraction of sp³-hybridized carbons (Fsp3) is 0.400. The van der Waals surface area contributed by atoms with Crippen molar-refractivity contribution in [2.75, 3.05) is 38.2 Å². The summed E-state index contributed by atoms with van der Waals surface area (Å²) in [6.07, 6.45) is 2.89. The topological polar surface area (TPSA) is 63.7 Å². The van der Waals surface area contributed by atoms with Crippen LogP contribution in [0.3, 0.4) is 0 Å². The monoisotopic (exact) mass is 485 g/mol. The van der Waals surface area contributed by atoms with Crippen LogP contribution in [0.2, 0.25) is 0 Å². The van der Waals surface area contributed by atoms with Crippen molar-refractivity contribution in [3.8, 4) is 17.0 Å². The lowest BCUT2D eigenvalue weighted by molar-refractivity contribution is -0.150. The number of para-hydroxylation sites is 1. The van der Waals surface area contributed by atoms with Gasteiger partial charge in [-0.05, 0) is 86.7 Å². The molecule has 36 heavy (non-hydrogen) atoms. The van der Waals surface area contributed by atoms with Crippen molar-refractivity contribution in [3.63, 3.8) is 0 Å². The Labute approximate surface area is 213 Å². The first-order valence-corrected chi connectivity index (χ1v) is 12.8. The number of carbonyl (C=O) groups excluding carboxylic acids is 1. The smallest absolute Gasteiger partial charge is 0.313 e. The number of aryl methyl sites for hydroxylation is 1. The Hall–Kier alpha value is -3.38. The zero-order chi connectivity index (χ0) is 25.1. The highest BCUT2D eigenvalue weighted by Gasteiger charge is 2.41. The zero-order valence-electron chi connectivity index (χ0n) is 21.5. The van der Waals surface area contributed by atoms with E-state index in [9.17, 15) is 4.79 Å². The Morgan fingerprint density at radius 1 is 1.08 bits per heavy atom. The molecule has 2 aliphatic rings. The summed E-state index contributed by atoms with van der Waals surface area (Å²) in [6, 6.07) is 19.0. The van der Waals surface area contributed by atoms with E-state index in [2.05, 4.69) is 47.5 Å². The summed E-state index contributed by atoms with van der Waals surface area (Å²) in [7, 11) is 1.46. The number of nitrogens with zero attached hydrogens (tertiary/aromatic N) is 2. The summed E-state index contributed by atoms with van der Waals surface area (Å²) in [5.74, 6) is 1.57. The molecule has 0 radical (unpaired) electrons. The first-order valence-electron chi connectivity index (χ1n) is 12.8. The second-order valence-corrected chi connectivity index (χ2v) is 10.2. The Morgan fingerprint density at radius 2 is 1.89 bits per heavy atom. The van der Waals surface area contributed by atoms with E-state index in [4.69, 9.17) is 14.5 Å². The second-order valence-electron chi connectivity index (χ2n) is 10.2. The molecule has 1 aromatic heterocycles. The van der Waals surface area contributed by atoms with Crippen LogP contribution in [-0.4, -0.2) is 44.2 Å². The van der Waals surface area contributed by atoms with E-state index in [1.807, 2.05) is 31.2 Å². The minimum Gasteiger partial charge on any atom is -0.488 e. The lowest BCUT2D eigenvalue weighted by Gasteiger charge is -2.23. The highest BCUT2D eigenvalue weighted by molar-refractivity contribution is 5.78. The molecule has 6 nitrogen and oxygen atoms in total. The van der Waals surface area contributed by atoms with Gasteiger partial charge in [-0.15, -0.1) is 0 Å². The van der Waals surface area contributed by atoms with Gasteiger partial charge in [0.15, 0.2) is 0 Å². The SMILES string of the molecule is COC(=O)[C@]1(C)CCN(c2cccc(-c3cccc(C)c3OCc3ccc4c(c3)CCNCC4)n2)C1. The summed E-state index contributed by atoms with van der Waals surface area (Å²) < 4.78 is 11.5. The molecule has 2 aliphatic heterocycles. The summed E-state index contributed by atoms with van der Waals surface area (Å²) in [5.41, 5.74) is 6.46. The quantitative estimate of drug-likeness (QED) is 0.510. The molecule has 1 saturated heterocycles. The predicted octanol–water partition coefficient (Wildman–Crippen LogP) is 4.71. The van der Waals surface area contributed by atoms with Gasteiger partial charge in [0.05, 0.1) is 18.2 Å². The number of methoxy groups -OCH3 is 1. The van der Waals surface area contributed by atoms with Gasteiger partial charge >= 0.3 is 5.97 Å². The zero-order valence-corrected chi connectivity index (χ0v) is 21.5. The Kier molecular flexibility index (Phi) is 6.97. The fourth-order valence-corrected chi connectivity index (χ4v) is 5.34. The summed E-state index contributed by atoms with van der Waals surface area (Å²) in [4.78, 5) is 19.4. The van der Waals surface area contributed by atoms with Crippen LogP contribution in [0.5, 0.6) is 5.75 Å². The molecule has 0 bridgehead atoms. The Bertz CT molecular complexity index is 1260. The molecular weight excluding hydrogens is 450 g/mol. The van der Waals surface area contributed by atoms with Crippen molar-refractivity contribution in [2.45, 2.75) is 39.7 Å². The average molecular weight is 486 g/mol. The van der Waals surface area contributed by atoms with E-state index < -0.39 is 5.41 Å². The molecule has 0 spiro atoms. The van der Waals surface area contributed by atoms with E-state index in [0.717, 1.165) is 67.3 Å². The number of anilines is 1. The molecule has 3 heterocycles. The molecule has 0 saturated carbocycles. The van der Waals surface area contributed by atoms with E-state index >= 15 is 0 Å². The molecule has 3 aromatic rings. The molecule has 0 amide bonds. The molecule has 1 atom stereocenters. The highest BCUT2D eigenvalue weighted by atomic mass is 16.5. The number of hydrogen-bond acceptors (Lipinski definition) is 6. The third-order valence-corrected chi connectivity index (χ3v) is 7.49. The molecule has 1 fully saturated rings. The molecule has 188 valence electrons. The van der Waals surface area contributed by atoms with Crippen molar-refractivity contribution in [1.82, 2.24) is 10.3 Å². The van der Waals surface area contributed by atoms with Crippen molar-refractivity contribution in [1.29, 1.82) is 0 Å². The van der Waals surface area contributed by atoms with Gasteiger partial charge in [-0.3, -0.25) is 4.79 Å². The number of esters is 1. The first kappa shape index (κ1) is 24.3. The number of nitrogens with one attached hydrogen (secondary N) is 1. The van der Waals surface area contributed by atoms with Crippen LogP contribution in [0.15, 0.2) is 54.6 Å². The number of aromatic nitrogens is 1. The summed E-state index contributed by atoms with van der Waals surface area (Å²) in [5, 5.41) is 3.48. The van der Waals surface area contributed by atoms with Gasteiger partial charge in [-0.1, -0.05) is 36.4 Å². The third-order valence-electron chi connectivity index (χ3n) is 7.49. The number of carbonyl (C=O) groups is 1. The Balaban J connectivity index is 1.37. The van der Waals surface area contributed by atoms with Crippen LogP contribution in [0, 0.1) is 12.3 Å². The van der Waals surface area contributed by atoms with Crippen LogP contribution in [0.25, 0.3) is 11.3 Å². The molecule has 1 N–H and O–H groups in total. The van der Waals surface area contributed by atoms with Crippen LogP contribution >= 0.6 is 0 Å². The lowest BCUT2D eigenvalue weighted by Crippen LogP contribution is -2.33. The summed E-state index contributed by atoms with van der Waals surface area (Å²) >= 11 is 0. The normalized spacial score (nSPS) is 19.5. The molecule has 2 aromatic carbocycles. The first-order chi connectivity index (χ1) is 17.5. The Morgan fingerprint density at radius 3 is 2.72 bits per heavy atom. The maximum atomic E-state index is 12.3. The van der Waals surface area contributed by atoms with Crippen LogP contribution < -0.4 is 15.0 Å². The number of pyridine rings is 1. The van der Waals surface area contributed by atoms with Crippen molar-refractivity contribution < 1.29 is 14.3 Å². The second kappa shape index (κ2) is 10.3. The van der Waals surface area contributed by atoms with Gasteiger partial charge in [0.2, 0.25) is 0 Å². The molecule has 0 aliphatic carbocycles. The standard InChI is InChI=1S/C30H35N3O3/c1-21-6-4-7-25(28(21)36-19-22-10-11-23-12-15-31-16-13-24(23)18-22)26-8-5-9-27(32-26)33-17-14-30(2,20-33)29(34)35-3/h4-11,18,31H,12-17,19-20H2,1-3H3/t30-/m1/s1. The van der Waals surface area contributed by atoms with E-state index in [0.29, 0.717) is 13.2 Å². The minimum absolute atomic E-state index is 0.162. The van der Waals surface area contributed by atoms with Crippen LogP contribution in [0.1, 0.15) is 35.6 Å². The van der Waals surface area contributed by atoms with Crippen molar-refractivity contribution in [2.24, 2.45) is 5.41 Å². The van der Waals surface area contributed by atoms with Crippen molar-refractivity contribution >= 4 is 11.8 Å². The van der Waals surface area contributed by atoms with Gasteiger partial charge in [0, 0.05) is 18.7 Å².